The largest absolute Gasteiger partial charge is 0.462 e. The van der Waals surface area contributed by atoms with Crippen molar-refractivity contribution in [2.75, 3.05) is 6.61 Å². The van der Waals surface area contributed by atoms with E-state index in [1.54, 1.807) is 0 Å². The number of alkyl halides is 25. The van der Waals surface area contributed by atoms with E-state index >= 15 is 0 Å². The van der Waals surface area contributed by atoms with Crippen molar-refractivity contribution in [2.45, 2.75) is 98.4 Å². The molecule has 0 aliphatic heterocycles. The maximum absolute atomic E-state index is 14.1. The van der Waals surface area contributed by atoms with Crippen molar-refractivity contribution in [3.63, 3.8) is 0 Å². The van der Waals surface area contributed by atoms with Gasteiger partial charge in [0.05, 0.1) is 6.61 Å². The first-order valence-corrected chi connectivity index (χ1v) is 11.6. The first-order chi connectivity index (χ1) is 20.9. The van der Waals surface area contributed by atoms with Crippen molar-refractivity contribution in [3.8, 4) is 0 Å². The third kappa shape index (κ3) is 7.28. The average Bonchev–Trinajstić information content (AvgIpc) is 2.88. The van der Waals surface area contributed by atoms with Gasteiger partial charge in [-0.05, 0) is 11.8 Å². The van der Waals surface area contributed by atoms with Crippen LogP contribution in [0.3, 0.4) is 0 Å². The van der Waals surface area contributed by atoms with E-state index in [4.69, 9.17) is 0 Å². The molecule has 0 heterocycles. The molecular weight excluding hydrogens is 775 g/mol. The van der Waals surface area contributed by atoms with Crippen LogP contribution >= 0.6 is 0 Å². The number of halogens is 25. The van der Waals surface area contributed by atoms with Gasteiger partial charge in [-0.2, -0.15) is 110 Å². The number of ether oxygens (including phenoxy) is 2. The number of hydrogen-bond acceptors (Lipinski definition) is 3. The van der Waals surface area contributed by atoms with E-state index in [1.165, 1.54) is 0 Å². The van der Waals surface area contributed by atoms with Gasteiger partial charge in [-0.3, -0.25) is 0 Å². The normalized spacial score (nSPS) is 16.1. The summed E-state index contributed by atoms with van der Waals surface area (Å²) in [6.45, 7) is 3.26. The van der Waals surface area contributed by atoms with Crippen LogP contribution in [0.2, 0.25) is 0 Å². The molecule has 0 saturated heterocycles. The van der Waals surface area contributed by atoms with E-state index in [0.717, 1.165) is 18.6 Å². The summed E-state index contributed by atoms with van der Waals surface area (Å²) in [5, 5.41) is 0. The average molecular weight is 790 g/mol. The van der Waals surface area contributed by atoms with E-state index in [9.17, 15) is 115 Å². The molecule has 0 aromatic carbocycles. The predicted molar refractivity (Wildman–Crippen MR) is 106 cm³/mol. The molecule has 0 unspecified atom stereocenters. The van der Waals surface area contributed by atoms with Crippen LogP contribution in [0, 0.1) is 5.41 Å². The molecule has 28 heteroatoms. The Balaban J connectivity index is 6.79. The van der Waals surface area contributed by atoms with Crippen LogP contribution in [-0.2, 0) is 14.3 Å². The summed E-state index contributed by atoms with van der Waals surface area (Å²) in [6, 6.07) is 0. The quantitative estimate of drug-likeness (QED) is 0.0837. The van der Waals surface area contributed by atoms with Crippen molar-refractivity contribution in [2.24, 2.45) is 5.41 Å². The van der Waals surface area contributed by atoms with Gasteiger partial charge in [-0.1, -0.05) is 20.4 Å². The zero-order valence-electron chi connectivity index (χ0n) is 23.1. The highest BCUT2D eigenvalue weighted by Gasteiger charge is 2.94. The van der Waals surface area contributed by atoms with Crippen LogP contribution in [0.1, 0.15) is 26.7 Å². The summed E-state index contributed by atoms with van der Waals surface area (Å²) in [5.74, 6) is -78.4. The van der Waals surface area contributed by atoms with Crippen LogP contribution in [-0.4, -0.2) is 84.3 Å². The molecule has 0 atom stereocenters. The van der Waals surface area contributed by atoms with E-state index < -0.39 is 103 Å². The molecule has 0 N–H and O–H groups in total. The fourth-order valence-corrected chi connectivity index (χ4v) is 2.90. The SMILES string of the molecule is C=CC(=O)OCC(C)(C)CCC(F)(F)C(F)(F)C(F)(F)C(F)(F)C(F)(F)C(F)(F)OC(F)(F)C(F)(F)C(F)(F)C(F)(F)C(F)(F)C(F)(F)F. The van der Waals surface area contributed by atoms with Crippen LogP contribution < -0.4 is 0 Å². The summed E-state index contributed by atoms with van der Waals surface area (Å²) in [4.78, 5) is 11.0. The van der Waals surface area contributed by atoms with Gasteiger partial charge in [-0.15, -0.1) is 0 Å². The lowest BCUT2D eigenvalue weighted by molar-refractivity contribution is -0.527. The molecule has 0 amide bonds. The molecule has 0 radical (unpaired) electrons. The fraction of sp³-hybridized carbons (Fsp3) is 0.857. The maximum Gasteiger partial charge on any atom is 0.460 e. The Morgan fingerprint density at radius 2 is 0.796 bits per heavy atom. The number of carbonyl (C=O) groups excluding carboxylic acids is 1. The van der Waals surface area contributed by atoms with Crippen molar-refractivity contribution in [1.82, 2.24) is 0 Å². The van der Waals surface area contributed by atoms with Crippen LogP contribution in [0.4, 0.5) is 110 Å². The summed E-state index contributed by atoms with van der Waals surface area (Å²) >= 11 is 0. The lowest BCUT2D eigenvalue weighted by atomic mass is 9.84. The first-order valence-electron chi connectivity index (χ1n) is 11.6. The second-order valence-electron chi connectivity index (χ2n) is 10.4. The zero-order chi connectivity index (χ0) is 40.3. The molecule has 0 aliphatic carbocycles. The standard InChI is InChI=1S/C21H15F25O3/c1-4-8(47)48-7-9(2,3)5-6-10(22,23)11(24,25)12(26,27)14(30,31)17(36,37)20(43,44)49-21(45,46)18(38,39)15(32,33)13(28,29)16(34,35)19(40,41)42/h4H,1,5-7H2,2-3H3. The Bertz CT molecular complexity index is 1200. The zero-order valence-corrected chi connectivity index (χ0v) is 23.1. The second-order valence-corrected chi connectivity index (χ2v) is 10.4. The summed E-state index contributed by atoms with van der Waals surface area (Å²) in [7, 11) is 0. The molecule has 0 rings (SSSR count). The second kappa shape index (κ2) is 12.6. The van der Waals surface area contributed by atoms with Crippen molar-refractivity contribution in [3.05, 3.63) is 12.7 Å². The van der Waals surface area contributed by atoms with Gasteiger partial charge in [0, 0.05) is 12.5 Å². The molecule has 49 heavy (non-hydrogen) atoms. The van der Waals surface area contributed by atoms with Crippen molar-refractivity contribution >= 4 is 5.97 Å². The summed E-state index contributed by atoms with van der Waals surface area (Å²) in [5.41, 5.74) is -2.01. The first kappa shape index (κ1) is 46.4. The van der Waals surface area contributed by atoms with Crippen molar-refractivity contribution in [1.29, 1.82) is 0 Å². The van der Waals surface area contributed by atoms with Gasteiger partial charge in [0.2, 0.25) is 0 Å². The Morgan fingerprint density at radius 1 is 0.490 bits per heavy atom. The highest BCUT2D eigenvalue weighted by Crippen LogP contribution is 2.64. The Labute approximate surface area is 254 Å². The van der Waals surface area contributed by atoms with Crippen LogP contribution in [0.5, 0.6) is 0 Å². The highest BCUT2D eigenvalue weighted by atomic mass is 19.4. The van der Waals surface area contributed by atoms with E-state index in [1.807, 2.05) is 0 Å². The molecule has 0 aromatic heterocycles. The summed E-state index contributed by atoms with van der Waals surface area (Å²) in [6.07, 6.45) is -29.7. The van der Waals surface area contributed by atoms with Gasteiger partial charge < -0.3 is 4.74 Å². The number of rotatable bonds is 17. The predicted octanol–water partition coefficient (Wildman–Crippen LogP) is 10.0. The molecule has 3 nitrogen and oxygen atoms in total. The molecule has 292 valence electrons. The maximum atomic E-state index is 14.1. The fourth-order valence-electron chi connectivity index (χ4n) is 2.90. The molecular formula is C21H15F25O3. The minimum absolute atomic E-state index is 0.436. The molecule has 0 aliphatic rings. The third-order valence-corrected chi connectivity index (χ3v) is 6.06. The van der Waals surface area contributed by atoms with Gasteiger partial charge in [0.25, 0.3) is 0 Å². The van der Waals surface area contributed by atoms with Crippen molar-refractivity contribution < 1.29 is 124 Å². The smallest absolute Gasteiger partial charge is 0.460 e. The van der Waals surface area contributed by atoms with Crippen LogP contribution in [0.15, 0.2) is 12.7 Å². The Kier molecular flexibility index (Phi) is 11.9. The third-order valence-electron chi connectivity index (χ3n) is 6.06. The number of hydrogen-bond donors (Lipinski definition) is 0. The Morgan fingerprint density at radius 3 is 1.10 bits per heavy atom. The molecule has 0 spiro atoms. The lowest BCUT2D eigenvalue weighted by Gasteiger charge is -2.43. The van der Waals surface area contributed by atoms with Gasteiger partial charge in [-0.25, -0.2) is 9.53 Å². The minimum atomic E-state index is -9.09. The summed E-state index contributed by atoms with van der Waals surface area (Å²) < 4.78 is 341. The van der Waals surface area contributed by atoms with Gasteiger partial charge in [0.15, 0.2) is 0 Å². The Hall–Kier alpha value is -2.58. The van der Waals surface area contributed by atoms with Gasteiger partial charge >= 0.3 is 77.7 Å². The van der Waals surface area contributed by atoms with E-state index in [0.29, 0.717) is 6.08 Å². The molecule has 0 saturated carbocycles. The number of carbonyl (C=O) groups is 1. The topological polar surface area (TPSA) is 35.5 Å². The van der Waals surface area contributed by atoms with Crippen LogP contribution in [0.25, 0.3) is 0 Å². The van der Waals surface area contributed by atoms with Gasteiger partial charge in [0.1, 0.15) is 0 Å². The molecule has 0 fully saturated rings. The monoisotopic (exact) mass is 790 g/mol. The molecule has 0 bridgehead atoms. The minimum Gasteiger partial charge on any atom is -0.462 e. The van der Waals surface area contributed by atoms with E-state index in [2.05, 4.69) is 11.3 Å². The highest BCUT2D eigenvalue weighted by molar-refractivity contribution is 5.81. The lowest BCUT2D eigenvalue weighted by Crippen LogP contribution is -2.73. The molecule has 0 aromatic rings. The number of esters is 1. The van der Waals surface area contributed by atoms with E-state index in [-0.39, 0.29) is 0 Å².